The number of rotatable bonds is 4. The van der Waals surface area contributed by atoms with Crippen LogP contribution < -0.4 is 5.32 Å². The second-order valence-electron chi connectivity index (χ2n) is 6.19. The lowest BCUT2D eigenvalue weighted by molar-refractivity contribution is -0.147. The normalized spacial score (nSPS) is 23.8. The van der Waals surface area contributed by atoms with E-state index in [2.05, 4.69) is 19.2 Å². The zero-order valence-electron chi connectivity index (χ0n) is 12.1. The van der Waals surface area contributed by atoms with E-state index in [0.29, 0.717) is 0 Å². The van der Waals surface area contributed by atoms with Crippen LogP contribution in [-0.2, 0) is 14.3 Å². The van der Waals surface area contributed by atoms with Crippen LogP contribution in [0.4, 0.5) is 0 Å². The molecule has 0 bridgehead atoms. The lowest BCUT2D eigenvalue weighted by Gasteiger charge is -2.28. The zero-order valence-corrected chi connectivity index (χ0v) is 12.1. The smallest absolute Gasteiger partial charge is 0.328 e. The van der Waals surface area contributed by atoms with E-state index in [-0.39, 0.29) is 29.1 Å². The Hall–Kier alpha value is -1.06. The summed E-state index contributed by atoms with van der Waals surface area (Å²) >= 11 is 0. The third kappa shape index (κ3) is 3.24. The zero-order chi connectivity index (χ0) is 13.9. The molecule has 1 fully saturated rings. The SMILES string of the molecule is COC(=O)C(NC(=O)C1CCCC1(C)C)C(C)C. The Morgan fingerprint density at radius 1 is 1.33 bits per heavy atom. The molecule has 1 N–H and O–H groups in total. The number of hydrogen-bond acceptors (Lipinski definition) is 3. The Bertz CT molecular complexity index is 323. The van der Waals surface area contributed by atoms with Crippen molar-refractivity contribution in [3.05, 3.63) is 0 Å². The van der Waals surface area contributed by atoms with Gasteiger partial charge in [-0.1, -0.05) is 34.1 Å². The van der Waals surface area contributed by atoms with Crippen LogP contribution >= 0.6 is 0 Å². The molecule has 4 nitrogen and oxygen atoms in total. The Morgan fingerprint density at radius 3 is 2.33 bits per heavy atom. The molecule has 2 unspecified atom stereocenters. The van der Waals surface area contributed by atoms with Crippen LogP contribution in [0.3, 0.4) is 0 Å². The molecule has 1 aliphatic rings. The predicted octanol–water partition coefficient (Wildman–Crippen LogP) is 2.13. The molecule has 0 aliphatic heterocycles. The lowest BCUT2D eigenvalue weighted by atomic mass is 9.81. The number of methoxy groups -OCH3 is 1. The monoisotopic (exact) mass is 255 g/mol. The highest BCUT2D eigenvalue weighted by molar-refractivity contribution is 5.86. The van der Waals surface area contributed by atoms with Crippen LogP contribution in [0.15, 0.2) is 0 Å². The molecule has 0 heterocycles. The van der Waals surface area contributed by atoms with Gasteiger partial charge in [-0.25, -0.2) is 4.79 Å². The van der Waals surface area contributed by atoms with Gasteiger partial charge in [0.05, 0.1) is 7.11 Å². The van der Waals surface area contributed by atoms with Gasteiger partial charge in [0.1, 0.15) is 6.04 Å². The van der Waals surface area contributed by atoms with Crippen LogP contribution in [0.1, 0.15) is 47.0 Å². The summed E-state index contributed by atoms with van der Waals surface area (Å²) < 4.78 is 4.74. The maximum atomic E-state index is 12.3. The largest absolute Gasteiger partial charge is 0.467 e. The average Bonchev–Trinajstić information content (AvgIpc) is 2.64. The average molecular weight is 255 g/mol. The number of carbonyl (C=O) groups excluding carboxylic acids is 2. The van der Waals surface area contributed by atoms with Crippen molar-refractivity contribution in [3.63, 3.8) is 0 Å². The predicted molar refractivity (Wildman–Crippen MR) is 69.9 cm³/mol. The van der Waals surface area contributed by atoms with Gasteiger partial charge in [-0.3, -0.25) is 4.79 Å². The summed E-state index contributed by atoms with van der Waals surface area (Å²) in [5.74, 6) is -0.343. The molecule has 1 rings (SSSR count). The highest BCUT2D eigenvalue weighted by Crippen LogP contribution is 2.42. The molecule has 104 valence electrons. The van der Waals surface area contributed by atoms with E-state index in [1.807, 2.05) is 13.8 Å². The van der Waals surface area contributed by atoms with Crippen molar-refractivity contribution in [2.75, 3.05) is 7.11 Å². The molecule has 4 heteroatoms. The lowest BCUT2D eigenvalue weighted by Crippen LogP contribution is -2.48. The van der Waals surface area contributed by atoms with Gasteiger partial charge in [0, 0.05) is 5.92 Å². The minimum Gasteiger partial charge on any atom is -0.467 e. The van der Waals surface area contributed by atoms with Crippen molar-refractivity contribution in [3.8, 4) is 0 Å². The van der Waals surface area contributed by atoms with E-state index >= 15 is 0 Å². The Labute approximate surface area is 109 Å². The minimum absolute atomic E-state index is 0.00315. The van der Waals surface area contributed by atoms with Gasteiger partial charge in [0.25, 0.3) is 0 Å². The number of nitrogens with one attached hydrogen (secondary N) is 1. The molecular weight excluding hydrogens is 230 g/mol. The molecule has 0 saturated heterocycles. The Balaban J connectivity index is 2.70. The van der Waals surface area contributed by atoms with E-state index in [0.717, 1.165) is 19.3 Å². The summed E-state index contributed by atoms with van der Waals surface area (Å²) in [7, 11) is 1.35. The van der Waals surface area contributed by atoms with Crippen molar-refractivity contribution in [1.82, 2.24) is 5.32 Å². The van der Waals surface area contributed by atoms with Gasteiger partial charge >= 0.3 is 5.97 Å². The molecule has 0 aromatic rings. The van der Waals surface area contributed by atoms with Crippen molar-refractivity contribution < 1.29 is 14.3 Å². The number of amides is 1. The van der Waals surface area contributed by atoms with Crippen LogP contribution in [0, 0.1) is 17.3 Å². The summed E-state index contributed by atoms with van der Waals surface area (Å²) in [5, 5.41) is 2.85. The van der Waals surface area contributed by atoms with E-state index in [1.54, 1.807) is 0 Å². The molecule has 0 spiro atoms. The highest BCUT2D eigenvalue weighted by Gasteiger charge is 2.40. The molecule has 1 saturated carbocycles. The number of hydrogen-bond donors (Lipinski definition) is 1. The maximum absolute atomic E-state index is 12.3. The first kappa shape index (κ1) is 15.0. The molecule has 0 aromatic heterocycles. The summed E-state index contributed by atoms with van der Waals surface area (Å²) in [6.07, 6.45) is 3.05. The number of carbonyl (C=O) groups is 2. The first-order valence-electron chi connectivity index (χ1n) is 6.68. The first-order chi connectivity index (χ1) is 8.29. The van der Waals surface area contributed by atoms with Gasteiger partial charge < -0.3 is 10.1 Å². The maximum Gasteiger partial charge on any atom is 0.328 e. The molecule has 1 amide bonds. The van der Waals surface area contributed by atoms with Crippen molar-refractivity contribution in [2.24, 2.45) is 17.3 Å². The van der Waals surface area contributed by atoms with Crippen LogP contribution in [0.25, 0.3) is 0 Å². The summed E-state index contributed by atoms with van der Waals surface area (Å²) in [5.41, 5.74) is 0.0295. The Kier molecular flexibility index (Phi) is 4.77. The summed E-state index contributed by atoms with van der Waals surface area (Å²) in [4.78, 5) is 23.9. The molecule has 0 radical (unpaired) electrons. The standard InChI is InChI=1S/C14H25NO3/c1-9(2)11(13(17)18-5)15-12(16)10-7-6-8-14(10,3)4/h9-11H,6-8H2,1-5H3,(H,15,16). The number of esters is 1. The van der Waals surface area contributed by atoms with Gasteiger partial charge in [-0.2, -0.15) is 0 Å². The van der Waals surface area contributed by atoms with Gasteiger partial charge in [0.15, 0.2) is 0 Å². The van der Waals surface area contributed by atoms with Crippen molar-refractivity contribution in [1.29, 1.82) is 0 Å². The topological polar surface area (TPSA) is 55.4 Å². The van der Waals surface area contributed by atoms with E-state index in [4.69, 9.17) is 4.74 Å². The number of ether oxygens (including phenoxy) is 1. The van der Waals surface area contributed by atoms with Gasteiger partial charge in [0.2, 0.25) is 5.91 Å². The molecule has 0 aromatic carbocycles. The van der Waals surface area contributed by atoms with Crippen LogP contribution in [0.2, 0.25) is 0 Å². The van der Waals surface area contributed by atoms with Crippen LogP contribution in [-0.4, -0.2) is 25.0 Å². The second-order valence-corrected chi connectivity index (χ2v) is 6.19. The van der Waals surface area contributed by atoms with Crippen LogP contribution in [0.5, 0.6) is 0 Å². The summed E-state index contributed by atoms with van der Waals surface area (Å²) in [6, 6.07) is -0.543. The fourth-order valence-corrected chi connectivity index (χ4v) is 2.69. The molecule has 2 atom stereocenters. The van der Waals surface area contributed by atoms with E-state index < -0.39 is 6.04 Å². The fourth-order valence-electron chi connectivity index (χ4n) is 2.69. The third-order valence-electron chi connectivity index (χ3n) is 3.99. The highest BCUT2D eigenvalue weighted by atomic mass is 16.5. The van der Waals surface area contributed by atoms with Crippen molar-refractivity contribution in [2.45, 2.75) is 53.0 Å². The minimum atomic E-state index is -0.543. The summed E-state index contributed by atoms with van der Waals surface area (Å²) in [6.45, 7) is 8.04. The molecular formula is C14H25NO3. The van der Waals surface area contributed by atoms with E-state index in [1.165, 1.54) is 7.11 Å². The molecule has 18 heavy (non-hydrogen) atoms. The quantitative estimate of drug-likeness (QED) is 0.783. The first-order valence-corrected chi connectivity index (χ1v) is 6.68. The third-order valence-corrected chi connectivity index (χ3v) is 3.99. The Morgan fingerprint density at radius 2 is 1.94 bits per heavy atom. The van der Waals surface area contributed by atoms with Crippen molar-refractivity contribution >= 4 is 11.9 Å². The second kappa shape index (κ2) is 5.72. The van der Waals surface area contributed by atoms with E-state index in [9.17, 15) is 9.59 Å². The van der Waals surface area contributed by atoms with Gasteiger partial charge in [-0.15, -0.1) is 0 Å². The fraction of sp³-hybridized carbons (Fsp3) is 0.857. The molecule has 1 aliphatic carbocycles. The van der Waals surface area contributed by atoms with Gasteiger partial charge in [-0.05, 0) is 24.2 Å².